The summed E-state index contributed by atoms with van der Waals surface area (Å²) in [5, 5.41) is 9.99. The number of allylic oxidation sites excluding steroid dienone is 2. The van der Waals surface area contributed by atoms with Gasteiger partial charge < -0.3 is 0 Å². The lowest BCUT2D eigenvalue weighted by Gasteiger charge is -2.26. The van der Waals surface area contributed by atoms with Crippen molar-refractivity contribution in [2.75, 3.05) is 0 Å². The highest BCUT2D eigenvalue weighted by molar-refractivity contribution is 7.86. The van der Waals surface area contributed by atoms with E-state index in [0.29, 0.717) is 16.7 Å². The first-order valence-electron chi connectivity index (χ1n) is 6.59. The topological polar surface area (TPSA) is 96.4 Å². The van der Waals surface area contributed by atoms with E-state index < -0.39 is 16.3 Å². The van der Waals surface area contributed by atoms with Gasteiger partial charge in [-0.1, -0.05) is 17.7 Å². The Morgan fingerprint density at radius 3 is 2.41 bits per heavy atom. The van der Waals surface area contributed by atoms with Gasteiger partial charge in [-0.3, -0.25) is 5.01 Å². The Labute approximate surface area is 130 Å². The fourth-order valence-corrected chi connectivity index (χ4v) is 3.85. The molecule has 0 radical (unpaired) electrons. The zero-order chi connectivity index (χ0) is 16.5. The fraction of sp³-hybridized carbons (Fsp3) is 0.267. The van der Waals surface area contributed by atoms with E-state index in [1.807, 2.05) is 13.0 Å². The van der Waals surface area contributed by atoms with Gasteiger partial charge in [-0.2, -0.15) is 13.7 Å². The molecular formula is C15H17N3O3S. The number of benzene rings is 1. The molecule has 1 aliphatic rings. The maximum atomic E-state index is 12.6. The Bertz CT molecular complexity index is 781. The normalized spacial score (nSPS) is 18.0. The van der Waals surface area contributed by atoms with Crippen LogP contribution in [-0.2, 0) is 14.3 Å². The van der Waals surface area contributed by atoms with Crippen LogP contribution in [-0.4, -0.2) is 19.7 Å². The number of nitriles is 1. The summed E-state index contributed by atoms with van der Waals surface area (Å²) in [6.45, 7) is 5.33. The Balaban J connectivity index is 2.39. The molecule has 1 heterocycles. The van der Waals surface area contributed by atoms with Crippen LogP contribution in [0, 0.1) is 32.1 Å². The SMILES string of the molecule is Cc1cc(C)c(S(=O)(=O)OC2C=C(C#N)C=CN2N)c(C)c1. The highest BCUT2D eigenvalue weighted by Gasteiger charge is 2.27. The van der Waals surface area contributed by atoms with Crippen LogP contribution < -0.4 is 5.84 Å². The van der Waals surface area contributed by atoms with Crippen molar-refractivity contribution in [3.8, 4) is 6.07 Å². The summed E-state index contributed by atoms with van der Waals surface area (Å²) in [5.41, 5.74) is 2.48. The molecule has 0 saturated carbocycles. The number of aryl methyl sites for hydroxylation is 3. The minimum Gasteiger partial charge on any atom is -0.285 e. The molecule has 6 nitrogen and oxygen atoms in total. The second kappa shape index (κ2) is 5.93. The minimum atomic E-state index is -4.01. The van der Waals surface area contributed by atoms with Gasteiger partial charge in [0.25, 0.3) is 10.1 Å². The second-order valence-electron chi connectivity index (χ2n) is 5.17. The van der Waals surface area contributed by atoms with Crippen molar-refractivity contribution < 1.29 is 12.6 Å². The molecule has 0 bridgehead atoms. The number of hydrogen-bond acceptors (Lipinski definition) is 6. The lowest BCUT2D eigenvalue weighted by Crippen LogP contribution is -2.40. The van der Waals surface area contributed by atoms with Crippen LogP contribution in [0.5, 0.6) is 0 Å². The van der Waals surface area contributed by atoms with Crippen LogP contribution in [0.2, 0.25) is 0 Å². The summed E-state index contributed by atoms with van der Waals surface area (Å²) in [4.78, 5) is 0.132. The van der Waals surface area contributed by atoms with E-state index >= 15 is 0 Å². The molecule has 0 spiro atoms. The third kappa shape index (κ3) is 3.20. The second-order valence-corrected chi connectivity index (χ2v) is 6.67. The van der Waals surface area contributed by atoms with E-state index in [0.717, 1.165) is 10.6 Å². The maximum Gasteiger partial charge on any atom is 0.299 e. The Kier molecular flexibility index (Phi) is 4.37. The van der Waals surface area contributed by atoms with Gasteiger partial charge in [-0.05, 0) is 44.1 Å². The number of hydrogen-bond donors (Lipinski definition) is 1. The number of rotatable bonds is 3. The Hall–Kier alpha value is -2.14. The van der Waals surface area contributed by atoms with E-state index in [2.05, 4.69) is 0 Å². The predicted octanol–water partition coefficient (Wildman–Crippen LogP) is 1.80. The van der Waals surface area contributed by atoms with Gasteiger partial charge >= 0.3 is 0 Å². The zero-order valence-corrected chi connectivity index (χ0v) is 13.4. The van der Waals surface area contributed by atoms with Gasteiger partial charge in [-0.25, -0.2) is 10.0 Å². The lowest BCUT2D eigenvalue weighted by atomic mass is 10.1. The average Bonchev–Trinajstić information content (AvgIpc) is 2.39. The van der Waals surface area contributed by atoms with Gasteiger partial charge in [0, 0.05) is 6.20 Å². The van der Waals surface area contributed by atoms with Gasteiger partial charge in [0.15, 0.2) is 6.23 Å². The van der Waals surface area contributed by atoms with Gasteiger partial charge in [-0.15, -0.1) is 0 Å². The average molecular weight is 319 g/mol. The standard InChI is InChI=1S/C15H17N3O3S/c1-10-6-11(2)15(12(3)7-10)22(19,20)21-14-8-13(9-16)4-5-18(14)17/h4-8,14H,17H2,1-3H3. The van der Waals surface area contributed by atoms with Crippen molar-refractivity contribution >= 4 is 10.1 Å². The van der Waals surface area contributed by atoms with Gasteiger partial charge in [0.2, 0.25) is 0 Å². The van der Waals surface area contributed by atoms with E-state index in [9.17, 15) is 8.42 Å². The molecule has 1 atom stereocenters. The van der Waals surface area contributed by atoms with E-state index in [1.54, 1.807) is 26.0 Å². The summed E-state index contributed by atoms with van der Waals surface area (Å²) in [7, 11) is -4.01. The first-order valence-corrected chi connectivity index (χ1v) is 7.99. The zero-order valence-electron chi connectivity index (χ0n) is 12.6. The summed E-state index contributed by atoms with van der Waals surface area (Å²) in [6, 6.07) is 5.48. The largest absolute Gasteiger partial charge is 0.299 e. The Morgan fingerprint density at radius 2 is 1.86 bits per heavy atom. The third-order valence-electron chi connectivity index (χ3n) is 3.25. The van der Waals surface area contributed by atoms with E-state index in [-0.39, 0.29) is 4.90 Å². The summed E-state index contributed by atoms with van der Waals surface area (Å²) in [5.74, 6) is 5.68. The highest BCUT2D eigenvalue weighted by atomic mass is 32.2. The maximum absolute atomic E-state index is 12.6. The summed E-state index contributed by atoms with van der Waals surface area (Å²) in [6.07, 6.45) is 3.18. The molecule has 2 N–H and O–H groups in total. The Morgan fingerprint density at radius 1 is 1.27 bits per heavy atom. The van der Waals surface area contributed by atoms with Crippen LogP contribution >= 0.6 is 0 Å². The smallest absolute Gasteiger partial charge is 0.285 e. The van der Waals surface area contributed by atoms with Crippen molar-refractivity contribution in [2.24, 2.45) is 5.84 Å². The van der Waals surface area contributed by atoms with E-state index in [1.165, 1.54) is 18.4 Å². The lowest BCUT2D eigenvalue weighted by molar-refractivity contribution is 0.107. The monoisotopic (exact) mass is 319 g/mol. The van der Waals surface area contributed by atoms with Crippen molar-refractivity contribution in [1.29, 1.82) is 5.26 Å². The van der Waals surface area contributed by atoms with Crippen molar-refractivity contribution in [1.82, 2.24) is 5.01 Å². The molecule has 0 fully saturated rings. The summed E-state index contributed by atoms with van der Waals surface area (Å²) >= 11 is 0. The summed E-state index contributed by atoms with van der Waals surface area (Å²) < 4.78 is 30.3. The van der Waals surface area contributed by atoms with Crippen LogP contribution in [0.1, 0.15) is 16.7 Å². The molecule has 0 amide bonds. The molecule has 2 rings (SSSR count). The van der Waals surface area contributed by atoms with Gasteiger partial charge in [0.05, 0.1) is 16.5 Å². The van der Waals surface area contributed by atoms with Crippen LogP contribution in [0.3, 0.4) is 0 Å². The van der Waals surface area contributed by atoms with E-state index in [4.69, 9.17) is 15.3 Å². The molecule has 0 aromatic heterocycles. The third-order valence-corrected chi connectivity index (χ3v) is 4.85. The van der Waals surface area contributed by atoms with Gasteiger partial charge in [0.1, 0.15) is 0 Å². The molecule has 116 valence electrons. The molecule has 1 aliphatic heterocycles. The molecule has 0 saturated heterocycles. The predicted molar refractivity (Wildman–Crippen MR) is 81.6 cm³/mol. The van der Waals surface area contributed by atoms with Crippen LogP contribution in [0.15, 0.2) is 41.0 Å². The molecule has 1 unspecified atom stereocenters. The number of nitrogens with zero attached hydrogens (tertiary/aromatic N) is 2. The van der Waals surface area contributed by atoms with Crippen molar-refractivity contribution in [3.63, 3.8) is 0 Å². The van der Waals surface area contributed by atoms with Crippen molar-refractivity contribution in [3.05, 3.63) is 52.7 Å². The van der Waals surface area contributed by atoms with Crippen LogP contribution in [0.25, 0.3) is 0 Å². The molecule has 1 aromatic rings. The first kappa shape index (κ1) is 16.2. The fourth-order valence-electron chi connectivity index (χ4n) is 2.44. The van der Waals surface area contributed by atoms with Crippen molar-refractivity contribution in [2.45, 2.75) is 31.9 Å². The molecule has 1 aromatic carbocycles. The molecular weight excluding hydrogens is 302 g/mol. The molecule has 22 heavy (non-hydrogen) atoms. The first-order chi connectivity index (χ1) is 10.2. The highest BCUT2D eigenvalue weighted by Crippen LogP contribution is 2.26. The quantitative estimate of drug-likeness (QED) is 0.674. The molecule has 7 heteroatoms. The number of hydrazine groups is 1. The minimum absolute atomic E-state index is 0.132. The number of nitrogens with two attached hydrogens (primary N) is 1. The molecule has 0 aliphatic carbocycles. The van der Waals surface area contributed by atoms with Crippen LogP contribution in [0.4, 0.5) is 0 Å².